The molecule has 0 spiro atoms. The van der Waals surface area contributed by atoms with Gasteiger partial charge in [-0.05, 0) is 24.3 Å². The van der Waals surface area contributed by atoms with E-state index in [9.17, 15) is 28.5 Å². The summed E-state index contributed by atoms with van der Waals surface area (Å²) in [5.41, 5.74) is 0.947. The molecule has 14 heteroatoms. The molecule has 0 radical (unpaired) electrons. The SMILES string of the molecule is COc1cccc(-c2cnnn2[C@@H]2O[C@H](CO)[C@H](O)[C@H](n3cc(-c4cc(F)c(F)c(F)c4)nn3)[C@H]2O)c1. The van der Waals surface area contributed by atoms with Crippen molar-refractivity contribution in [2.75, 3.05) is 13.7 Å². The van der Waals surface area contributed by atoms with Gasteiger partial charge in [0.25, 0.3) is 0 Å². The zero-order valence-corrected chi connectivity index (χ0v) is 19.2. The Labute approximate surface area is 207 Å². The zero-order chi connectivity index (χ0) is 26.3. The smallest absolute Gasteiger partial charge is 0.194 e. The minimum atomic E-state index is -1.63. The molecule has 2 aromatic carbocycles. The Morgan fingerprint density at radius 3 is 2.49 bits per heavy atom. The summed E-state index contributed by atoms with van der Waals surface area (Å²) in [6, 6.07) is 7.27. The highest BCUT2D eigenvalue weighted by Gasteiger charge is 2.47. The Kier molecular flexibility index (Phi) is 6.64. The lowest BCUT2D eigenvalue weighted by atomic mass is 9.95. The lowest BCUT2D eigenvalue weighted by molar-refractivity contribution is -0.233. The van der Waals surface area contributed by atoms with Gasteiger partial charge in [0.2, 0.25) is 0 Å². The van der Waals surface area contributed by atoms with Gasteiger partial charge in [-0.15, -0.1) is 10.2 Å². The van der Waals surface area contributed by atoms with E-state index >= 15 is 0 Å². The van der Waals surface area contributed by atoms with E-state index in [1.165, 1.54) is 24.2 Å². The summed E-state index contributed by atoms with van der Waals surface area (Å²) in [7, 11) is 1.52. The summed E-state index contributed by atoms with van der Waals surface area (Å²) in [6.45, 7) is -0.611. The number of aliphatic hydroxyl groups is 3. The summed E-state index contributed by atoms with van der Waals surface area (Å²) < 4.78 is 54.2. The summed E-state index contributed by atoms with van der Waals surface area (Å²) in [5, 5.41) is 47.7. The van der Waals surface area contributed by atoms with Gasteiger partial charge < -0.3 is 24.8 Å². The number of aromatic nitrogens is 6. The minimum Gasteiger partial charge on any atom is -0.497 e. The third-order valence-corrected chi connectivity index (χ3v) is 6.14. The van der Waals surface area contributed by atoms with Gasteiger partial charge in [0.05, 0.1) is 31.8 Å². The molecule has 2 aromatic heterocycles. The van der Waals surface area contributed by atoms with Crippen LogP contribution >= 0.6 is 0 Å². The topological polar surface area (TPSA) is 141 Å². The monoisotopic (exact) mass is 518 g/mol. The van der Waals surface area contributed by atoms with E-state index in [-0.39, 0.29) is 11.3 Å². The van der Waals surface area contributed by atoms with E-state index in [4.69, 9.17) is 9.47 Å². The summed E-state index contributed by atoms with van der Waals surface area (Å²) >= 11 is 0. The standard InChI is InChI=1S/C23H21F3N6O5/c1-36-13-4-2-3-11(5-13)17-8-27-29-32(17)23-22(35)20(21(34)18(10-33)37-23)31-9-16(28-30-31)12-6-14(24)19(26)15(25)7-12/h2-9,18,20-23,33-35H,10H2,1H3/t18-,20+,21+,22-,23-/m1/s1. The van der Waals surface area contributed by atoms with Gasteiger partial charge in [0.1, 0.15) is 35.8 Å². The molecule has 1 aliphatic heterocycles. The molecule has 194 valence electrons. The van der Waals surface area contributed by atoms with Gasteiger partial charge in [0.15, 0.2) is 23.7 Å². The largest absolute Gasteiger partial charge is 0.497 e. The molecule has 5 atom stereocenters. The first-order valence-electron chi connectivity index (χ1n) is 11.1. The van der Waals surface area contributed by atoms with Gasteiger partial charge in [-0.1, -0.05) is 22.6 Å². The first-order valence-corrected chi connectivity index (χ1v) is 11.1. The number of hydrogen-bond donors (Lipinski definition) is 3. The number of nitrogens with zero attached hydrogens (tertiary/aromatic N) is 6. The van der Waals surface area contributed by atoms with Gasteiger partial charge in [0, 0.05) is 11.1 Å². The van der Waals surface area contributed by atoms with E-state index in [1.807, 2.05) is 0 Å². The van der Waals surface area contributed by atoms with Crippen LogP contribution in [0, 0.1) is 17.5 Å². The van der Waals surface area contributed by atoms with Crippen molar-refractivity contribution in [1.82, 2.24) is 30.0 Å². The van der Waals surface area contributed by atoms with Crippen molar-refractivity contribution in [3.63, 3.8) is 0 Å². The van der Waals surface area contributed by atoms with Crippen molar-refractivity contribution < 1.29 is 38.0 Å². The number of ether oxygens (including phenoxy) is 2. The van der Waals surface area contributed by atoms with Crippen LogP contribution in [0.5, 0.6) is 5.75 Å². The molecule has 0 amide bonds. The van der Waals surface area contributed by atoms with Crippen LogP contribution in [0.3, 0.4) is 0 Å². The molecule has 1 saturated heterocycles. The lowest BCUT2D eigenvalue weighted by Crippen LogP contribution is -2.54. The third kappa shape index (κ3) is 4.44. The van der Waals surface area contributed by atoms with E-state index in [1.54, 1.807) is 24.3 Å². The van der Waals surface area contributed by atoms with Crippen molar-refractivity contribution in [1.29, 1.82) is 0 Å². The number of rotatable bonds is 6. The van der Waals surface area contributed by atoms with Crippen molar-refractivity contribution in [2.45, 2.75) is 30.6 Å². The molecule has 4 aromatic rings. The Morgan fingerprint density at radius 2 is 1.78 bits per heavy atom. The highest BCUT2D eigenvalue weighted by Crippen LogP contribution is 2.37. The van der Waals surface area contributed by atoms with E-state index < -0.39 is 54.6 Å². The molecule has 1 aliphatic rings. The summed E-state index contributed by atoms with van der Waals surface area (Å²) in [6.07, 6.45) is -2.69. The minimum absolute atomic E-state index is 0.0429. The van der Waals surface area contributed by atoms with E-state index in [0.717, 1.165) is 16.8 Å². The maximum atomic E-state index is 13.7. The molecule has 11 nitrogen and oxygen atoms in total. The average molecular weight is 518 g/mol. The Hall–Kier alpha value is -3.85. The number of methoxy groups -OCH3 is 1. The van der Waals surface area contributed by atoms with Gasteiger partial charge >= 0.3 is 0 Å². The second-order valence-electron chi connectivity index (χ2n) is 8.35. The Balaban J connectivity index is 1.51. The van der Waals surface area contributed by atoms with Crippen molar-refractivity contribution in [3.8, 4) is 28.3 Å². The molecule has 3 N–H and O–H groups in total. The van der Waals surface area contributed by atoms with Gasteiger partial charge in [-0.3, -0.25) is 0 Å². The number of hydrogen-bond acceptors (Lipinski definition) is 9. The fraction of sp³-hybridized carbons (Fsp3) is 0.304. The second-order valence-corrected chi connectivity index (χ2v) is 8.35. The van der Waals surface area contributed by atoms with Crippen molar-refractivity contribution in [3.05, 3.63) is 66.2 Å². The molecule has 0 bridgehead atoms. The molecule has 0 aliphatic carbocycles. The zero-order valence-electron chi connectivity index (χ0n) is 19.2. The van der Waals surface area contributed by atoms with E-state index in [2.05, 4.69) is 20.6 Å². The highest BCUT2D eigenvalue weighted by atomic mass is 19.2. The fourth-order valence-corrected chi connectivity index (χ4v) is 4.28. The molecule has 5 rings (SSSR count). The van der Waals surface area contributed by atoms with Crippen LogP contribution in [-0.2, 0) is 4.74 Å². The van der Waals surface area contributed by atoms with Crippen LogP contribution in [0.4, 0.5) is 13.2 Å². The summed E-state index contributed by atoms with van der Waals surface area (Å²) in [4.78, 5) is 0. The van der Waals surface area contributed by atoms with Crippen LogP contribution < -0.4 is 4.74 Å². The normalized spacial score (nSPS) is 23.8. The second kappa shape index (κ2) is 9.89. The molecule has 0 saturated carbocycles. The quantitative estimate of drug-likeness (QED) is 0.324. The number of benzene rings is 2. The Morgan fingerprint density at radius 1 is 1.03 bits per heavy atom. The molecule has 3 heterocycles. The van der Waals surface area contributed by atoms with Crippen LogP contribution in [-0.4, -0.2) is 77.3 Å². The van der Waals surface area contributed by atoms with Gasteiger partial charge in [-0.25, -0.2) is 22.5 Å². The molecule has 0 unspecified atom stereocenters. The van der Waals surface area contributed by atoms with Crippen LogP contribution in [0.15, 0.2) is 48.8 Å². The fourth-order valence-electron chi connectivity index (χ4n) is 4.28. The predicted molar refractivity (Wildman–Crippen MR) is 119 cm³/mol. The average Bonchev–Trinajstić information content (AvgIpc) is 3.58. The summed E-state index contributed by atoms with van der Waals surface area (Å²) in [5.74, 6) is -3.87. The van der Waals surface area contributed by atoms with Gasteiger partial charge in [-0.2, -0.15) is 0 Å². The highest BCUT2D eigenvalue weighted by molar-refractivity contribution is 5.61. The van der Waals surface area contributed by atoms with Crippen LogP contribution in [0.2, 0.25) is 0 Å². The van der Waals surface area contributed by atoms with Crippen LogP contribution in [0.1, 0.15) is 12.3 Å². The van der Waals surface area contributed by atoms with E-state index in [0.29, 0.717) is 17.0 Å². The molecule has 1 fully saturated rings. The number of aliphatic hydroxyl groups excluding tert-OH is 3. The predicted octanol–water partition coefficient (Wildman–Crippen LogP) is 1.48. The first-order chi connectivity index (χ1) is 17.8. The first kappa shape index (κ1) is 24.8. The number of halogens is 3. The van der Waals surface area contributed by atoms with Crippen LogP contribution in [0.25, 0.3) is 22.5 Å². The molecular formula is C23H21F3N6O5. The maximum Gasteiger partial charge on any atom is 0.194 e. The van der Waals surface area contributed by atoms with Crippen molar-refractivity contribution in [2.24, 2.45) is 0 Å². The lowest BCUT2D eigenvalue weighted by Gasteiger charge is -2.42. The third-order valence-electron chi connectivity index (χ3n) is 6.14. The van der Waals surface area contributed by atoms with Crippen molar-refractivity contribution >= 4 is 0 Å². The Bertz CT molecular complexity index is 1390. The molecular weight excluding hydrogens is 497 g/mol. The maximum absolute atomic E-state index is 13.7. The molecule has 37 heavy (non-hydrogen) atoms.